The van der Waals surface area contributed by atoms with E-state index in [4.69, 9.17) is 4.74 Å². The predicted molar refractivity (Wildman–Crippen MR) is 132 cm³/mol. The molecule has 0 aliphatic carbocycles. The Kier molecular flexibility index (Phi) is 6.55. The van der Waals surface area contributed by atoms with Crippen molar-refractivity contribution < 1.29 is 22.7 Å². The Morgan fingerprint density at radius 2 is 1.86 bits per heavy atom. The number of halogens is 3. The summed E-state index contributed by atoms with van der Waals surface area (Å²) in [4.78, 5) is 23.6. The molecule has 3 aromatic heterocycles. The Morgan fingerprint density at radius 3 is 2.59 bits per heavy atom. The Balaban J connectivity index is 1.41. The Hall–Kier alpha value is -3.99. The molecule has 0 radical (unpaired) electrons. The van der Waals surface area contributed by atoms with Crippen LogP contribution in [-0.4, -0.2) is 56.8 Å². The highest BCUT2D eigenvalue weighted by Gasteiger charge is 2.41. The molecule has 11 heteroatoms. The minimum atomic E-state index is -4.85. The van der Waals surface area contributed by atoms with Gasteiger partial charge in [-0.1, -0.05) is 24.3 Å². The lowest BCUT2D eigenvalue weighted by Crippen LogP contribution is -2.35. The number of pyridine rings is 2. The van der Waals surface area contributed by atoms with Gasteiger partial charge in [0.25, 0.3) is 5.91 Å². The lowest BCUT2D eigenvalue weighted by Gasteiger charge is -2.29. The van der Waals surface area contributed by atoms with Crippen LogP contribution < -0.4 is 10.1 Å². The minimum Gasteiger partial charge on any atom is -0.474 e. The maximum atomic E-state index is 14.2. The fourth-order valence-corrected chi connectivity index (χ4v) is 4.45. The number of piperidine rings is 1. The van der Waals surface area contributed by atoms with E-state index >= 15 is 0 Å². The monoisotopic (exact) mass is 510 g/mol. The average molecular weight is 511 g/mol. The predicted octanol–water partition coefficient (Wildman–Crippen LogP) is 4.87. The molecule has 0 saturated carbocycles. The van der Waals surface area contributed by atoms with Crippen molar-refractivity contribution in [3.8, 4) is 11.6 Å². The Morgan fingerprint density at radius 1 is 1.11 bits per heavy atom. The first kappa shape index (κ1) is 24.7. The third-order valence-electron chi connectivity index (χ3n) is 6.39. The highest BCUT2D eigenvalue weighted by Crippen LogP contribution is 2.35. The zero-order valence-corrected chi connectivity index (χ0v) is 20.3. The number of nitrogens with zero attached hydrogens (tertiary/aromatic N) is 5. The summed E-state index contributed by atoms with van der Waals surface area (Å²) in [5.74, 6) is -0.503. The molecule has 1 saturated heterocycles. The summed E-state index contributed by atoms with van der Waals surface area (Å²) in [7, 11) is 2.06. The molecular weight excluding hydrogens is 485 g/mol. The SMILES string of the molecule is Cc1cc(NC(=O)c2cnn(-c3cncc4ccccc34)c2C(F)(F)F)cnc1OC1CCN(C)CC1. The van der Waals surface area contributed by atoms with Crippen LogP contribution in [0.25, 0.3) is 16.5 Å². The third kappa shape index (κ3) is 5.12. The van der Waals surface area contributed by atoms with Gasteiger partial charge in [-0.05, 0) is 32.9 Å². The second-order valence-corrected chi connectivity index (χ2v) is 9.12. The highest BCUT2D eigenvalue weighted by molar-refractivity contribution is 6.05. The summed E-state index contributed by atoms with van der Waals surface area (Å²) < 4.78 is 49.3. The van der Waals surface area contributed by atoms with Crippen LogP contribution in [0, 0.1) is 6.92 Å². The molecule has 1 amide bonds. The molecule has 0 bridgehead atoms. The molecule has 5 rings (SSSR count). The van der Waals surface area contributed by atoms with Crippen molar-refractivity contribution in [2.24, 2.45) is 0 Å². The summed E-state index contributed by atoms with van der Waals surface area (Å²) in [5, 5.41) is 7.62. The number of benzene rings is 1. The number of carbonyl (C=O) groups is 1. The van der Waals surface area contributed by atoms with E-state index < -0.39 is 23.3 Å². The number of amides is 1. The standard InChI is InChI=1S/C26H25F3N6O2/c1-16-11-18(13-31-25(16)37-19-7-9-34(2)10-8-19)33-24(36)21-14-32-35(23(21)26(27,28)29)22-15-30-12-17-5-3-4-6-20(17)22/h3-6,11-15,19H,7-10H2,1-2H3,(H,33,36). The van der Waals surface area contributed by atoms with Crippen LogP contribution in [0.3, 0.4) is 0 Å². The molecule has 1 aliphatic rings. The zero-order chi connectivity index (χ0) is 26.2. The third-order valence-corrected chi connectivity index (χ3v) is 6.39. The zero-order valence-electron chi connectivity index (χ0n) is 20.3. The molecule has 0 unspecified atom stereocenters. The number of anilines is 1. The van der Waals surface area contributed by atoms with Crippen LogP contribution in [0.2, 0.25) is 0 Å². The topological polar surface area (TPSA) is 85.2 Å². The van der Waals surface area contributed by atoms with Gasteiger partial charge in [0.15, 0.2) is 5.69 Å². The average Bonchev–Trinajstić information content (AvgIpc) is 3.33. The van der Waals surface area contributed by atoms with E-state index in [9.17, 15) is 18.0 Å². The number of aromatic nitrogens is 4. The first-order valence-electron chi connectivity index (χ1n) is 11.8. The maximum absolute atomic E-state index is 14.2. The largest absolute Gasteiger partial charge is 0.474 e. The van der Waals surface area contributed by atoms with Gasteiger partial charge in [0.1, 0.15) is 6.10 Å². The van der Waals surface area contributed by atoms with Crippen LogP contribution in [0.15, 0.2) is 55.1 Å². The van der Waals surface area contributed by atoms with Gasteiger partial charge in [-0.3, -0.25) is 9.78 Å². The van der Waals surface area contributed by atoms with Crippen molar-refractivity contribution in [3.63, 3.8) is 0 Å². The molecule has 0 spiro atoms. The van der Waals surface area contributed by atoms with Crippen molar-refractivity contribution in [3.05, 3.63) is 71.9 Å². The summed E-state index contributed by atoms with van der Waals surface area (Å²) in [6.45, 7) is 3.64. The van der Waals surface area contributed by atoms with Crippen LogP contribution in [0.4, 0.5) is 18.9 Å². The molecule has 1 aromatic carbocycles. The second-order valence-electron chi connectivity index (χ2n) is 9.12. The summed E-state index contributed by atoms with van der Waals surface area (Å²) in [6.07, 6.45) is 2.10. The van der Waals surface area contributed by atoms with E-state index in [2.05, 4.69) is 32.3 Å². The molecule has 1 aliphatic heterocycles. The fourth-order valence-electron chi connectivity index (χ4n) is 4.45. The number of hydrogen-bond donors (Lipinski definition) is 1. The number of aryl methyl sites for hydroxylation is 1. The van der Waals surface area contributed by atoms with Crippen molar-refractivity contribution in [2.75, 3.05) is 25.5 Å². The van der Waals surface area contributed by atoms with E-state index in [0.29, 0.717) is 26.9 Å². The second kappa shape index (κ2) is 9.81. The molecule has 0 atom stereocenters. The number of fused-ring (bicyclic) bond motifs is 1. The summed E-state index contributed by atoms with van der Waals surface area (Å²) >= 11 is 0. The van der Waals surface area contributed by atoms with Crippen molar-refractivity contribution in [1.29, 1.82) is 0 Å². The van der Waals surface area contributed by atoms with E-state index in [0.717, 1.165) is 32.1 Å². The number of nitrogens with one attached hydrogen (secondary N) is 1. The fraction of sp³-hybridized carbons (Fsp3) is 0.308. The number of rotatable bonds is 5. The molecule has 8 nitrogen and oxygen atoms in total. The lowest BCUT2D eigenvalue weighted by atomic mass is 10.1. The summed E-state index contributed by atoms with van der Waals surface area (Å²) in [6, 6.07) is 8.52. The van der Waals surface area contributed by atoms with E-state index in [1.54, 1.807) is 43.5 Å². The first-order valence-corrected chi connectivity index (χ1v) is 11.8. The van der Waals surface area contributed by atoms with Gasteiger partial charge in [0, 0.05) is 35.6 Å². The molecule has 192 valence electrons. The van der Waals surface area contributed by atoms with Gasteiger partial charge < -0.3 is 15.0 Å². The normalized spacial score (nSPS) is 15.2. The van der Waals surface area contributed by atoms with E-state index in [1.165, 1.54) is 12.4 Å². The molecule has 1 fully saturated rings. The lowest BCUT2D eigenvalue weighted by molar-refractivity contribution is -0.143. The quantitative estimate of drug-likeness (QED) is 0.413. The van der Waals surface area contributed by atoms with Crippen molar-refractivity contribution in [2.45, 2.75) is 32.0 Å². The molecule has 1 N–H and O–H groups in total. The van der Waals surface area contributed by atoms with Gasteiger partial charge in [-0.25, -0.2) is 9.67 Å². The van der Waals surface area contributed by atoms with Crippen LogP contribution in [-0.2, 0) is 6.18 Å². The Labute approximate surface area is 211 Å². The number of ether oxygens (including phenoxy) is 1. The smallest absolute Gasteiger partial charge is 0.434 e. The highest BCUT2D eigenvalue weighted by atomic mass is 19.4. The molecule has 4 aromatic rings. The minimum absolute atomic E-state index is 0.0478. The van der Waals surface area contributed by atoms with Crippen LogP contribution in [0.5, 0.6) is 5.88 Å². The number of hydrogen-bond acceptors (Lipinski definition) is 6. The van der Waals surface area contributed by atoms with Crippen molar-refractivity contribution >= 4 is 22.4 Å². The molecule has 37 heavy (non-hydrogen) atoms. The number of likely N-dealkylation sites (tertiary alicyclic amines) is 1. The number of alkyl halides is 3. The van der Waals surface area contributed by atoms with Crippen LogP contribution >= 0.6 is 0 Å². The summed E-state index contributed by atoms with van der Waals surface area (Å²) in [5.41, 5.74) is -0.742. The van der Waals surface area contributed by atoms with Gasteiger partial charge >= 0.3 is 6.18 Å². The maximum Gasteiger partial charge on any atom is 0.434 e. The van der Waals surface area contributed by atoms with Gasteiger partial charge in [-0.15, -0.1) is 0 Å². The molecular formula is C26H25F3N6O2. The van der Waals surface area contributed by atoms with Crippen molar-refractivity contribution in [1.82, 2.24) is 24.6 Å². The van der Waals surface area contributed by atoms with Gasteiger partial charge in [0.05, 0.1) is 35.5 Å². The number of carbonyl (C=O) groups excluding carboxylic acids is 1. The van der Waals surface area contributed by atoms with E-state index in [-0.39, 0.29) is 17.5 Å². The molecule has 4 heterocycles. The first-order chi connectivity index (χ1) is 17.7. The van der Waals surface area contributed by atoms with Gasteiger partial charge in [0.2, 0.25) is 5.88 Å². The van der Waals surface area contributed by atoms with Gasteiger partial charge in [-0.2, -0.15) is 18.3 Å². The Bertz CT molecular complexity index is 1440. The van der Waals surface area contributed by atoms with Crippen LogP contribution in [0.1, 0.15) is 34.5 Å². The van der Waals surface area contributed by atoms with E-state index in [1.807, 2.05) is 0 Å².